The fourth-order valence-corrected chi connectivity index (χ4v) is 3.21. The number of aromatic nitrogens is 2. The molecule has 0 aliphatic carbocycles. The molecule has 142 valence electrons. The lowest BCUT2D eigenvalue weighted by atomic mass is 10.2. The number of rotatable bonds is 3. The van der Waals surface area contributed by atoms with Gasteiger partial charge in [-0.1, -0.05) is 23.8 Å². The van der Waals surface area contributed by atoms with Crippen molar-refractivity contribution in [3.63, 3.8) is 0 Å². The van der Waals surface area contributed by atoms with Gasteiger partial charge in [0.1, 0.15) is 10.4 Å². The minimum Gasteiger partial charge on any atom is -0.450 e. The highest BCUT2D eigenvalue weighted by atomic mass is 35.5. The maximum atomic E-state index is 14.9. The summed E-state index contributed by atoms with van der Waals surface area (Å²) in [6.07, 6.45) is 8.69. The van der Waals surface area contributed by atoms with Gasteiger partial charge in [0.25, 0.3) is 5.56 Å². The molecule has 1 aliphatic heterocycles. The van der Waals surface area contributed by atoms with Crippen LogP contribution in [0.25, 0.3) is 10.9 Å². The second-order valence-corrected chi connectivity index (χ2v) is 6.54. The molecule has 0 bridgehead atoms. The first-order chi connectivity index (χ1) is 13.5. The molecule has 0 amide bonds. The Balaban J connectivity index is 1.80. The quantitative estimate of drug-likeness (QED) is 0.646. The van der Waals surface area contributed by atoms with E-state index in [0.29, 0.717) is 12.2 Å². The molecule has 0 N–H and O–H groups in total. The second-order valence-electron chi connectivity index (χ2n) is 6.17. The first kappa shape index (κ1) is 18.2. The van der Waals surface area contributed by atoms with Gasteiger partial charge in [0.05, 0.1) is 17.5 Å². The van der Waals surface area contributed by atoms with E-state index >= 15 is 0 Å². The topological polar surface area (TPSA) is 47.4 Å². The van der Waals surface area contributed by atoms with Gasteiger partial charge in [-0.15, -0.1) is 0 Å². The second kappa shape index (κ2) is 7.09. The number of anilines is 1. The number of allylic oxidation sites excluding steroid dienone is 2. The predicted octanol–water partition coefficient (Wildman–Crippen LogP) is 4.55. The highest BCUT2D eigenvalue weighted by Crippen LogP contribution is 2.40. The van der Waals surface area contributed by atoms with Crippen molar-refractivity contribution in [2.45, 2.75) is 0 Å². The van der Waals surface area contributed by atoms with Crippen molar-refractivity contribution in [1.82, 2.24) is 9.55 Å². The lowest BCUT2D eigenvalue weighted by Gasteiger charge is -2.23. The van der Waals surface area contributed by atoms with E-state index in [9.17, 15) is 13.6 Å². The van der Waals surface area contributed by atoms with Crippen molar-refractivity contribution in [3.8, 4) is 11.5 Å². The van der Waals surface area contributed by atoms with E-state index in [1.807, 2.05) is 18.2 Å². The van der Waals surface area contributed by atoms with Gasteiger partial charge < -0.3 is 14.2 Å². The minimum atomic E-state index is -0.923. The number of aryl methyl sites for hydroxylation is 1. The molecule has 0 fully saturated rings. The average molecular weight is 402 g/mol. The summed E-state index contributed by atoms with van der Waals surface area (Å²) in [5, 5.41) is -0.238. The molecule has 1 aromatic heterocycles. The van der Waals surface area contributed by atoms with Gasteiger partial charge in [-0.3, -0.25) is 4.79 Å². The highest BCUT2D eigenvalue weighted by molar-refractivity contribution is 6.34. The van der Waals surface area contributed by atoms with Gasteiger partial charge in [0.15, 0.2) is 23.1 Å². The molecule has 28 heavy (non-hydrogen) atoms. The molecule has 0 spiro atoms. The van der Waals surface area contributed by atoms with Crippen LogP contribution in [0.5, 0.6) is 11.5 Å². The van der Waals surface area contributed by atoms with Crippen LogP contribution >= 0.6 is 11.6 Å². The van der Waals surface area contributed by atoms with Gasteiger partial charge in [-0.05, 0) is 30.3 Å². The van der Waals surface area contributed by atoms with Crippen LogP contribution in [0.2, 0.25) is 5.02 Å². The summed E-state index contributed by atoms with van der Waals surface area (Å²) in [7, 11) is 1.46. The molecule has 2 heterocycles. The minimum absolute atomic E-state index is 0.00136. The number of fused-ring (bicyclic) bond motifs is 1. The Bertz CT molecular complexity index is 1200. The van der Waals surface area contributed by atoms with Gasteiger partial charge in [0, 0.05) is 19.8 Å². The lowest BCUT2D eigenvalue weighted by molar-refractivity contribution is 0.417. The molecule has 3 aromatic rings. The summed E-state index contributed by atoms with van der Waals surface area (Å²) in [6.45, 7) is 0.549. The van der Waals surface area contributed by atoms with Crippen molar-refractivity contribution in [2.75, 3.05) is 11.4 Å². The van der Waals surface area contributed by atoms with Crippen molar-refractivity contribution in [1.29, 1.82) is 0 Å². The zero-order valence-electron chi connectivity index (χ0n) is 14.7. The van der Waals surface area contributed by atoms with Gasteiger partial charge >= 0.3 is 0 Å². The molecule has 0 saturated heterocycles. The van der Waals surface area contributed by atoms with Gasteiger partial charge in [0.2, 0.25) is 0 Å². The number of halogens is 3. The summed E-state index contributed by atoms with van der Waals surface area (Å²) >= 11 is 6.36. The van der Waals surface area contributed by atoms with Crippen LogP contribution < -0.4 is 15.2 Å². The third-order valence-electron chi connectivity index (χ3n) is 4.35. The van der Waals surface area contributed by atoms with E-state index < -0.39 is 17.2 Å². The molecule has 0 atom stereocenters. The molecule has 0 unspecified atom stereocenters. The zero-order chi connectivity index (χ0) is 19.8. The van der Waals surface area contributed by atoms with Crippen LogP contribution in [0, 0.1) is 11.6 Å². The summed E-state index contributed by atoms with van der Waals surface area (Å²) < 4.78 is 36.0. The number of benzene rings is 2. The van der Waals surface area contributed by atoms with E-state index in [4.69, 9.17) is 16.3 Å². The highest BCUT2D eigenvalue weighted by Gasteiger charge is 2.21. The first-order valence-electron chi connectivity index (χ1n) is 8.37. The molecule has 2 aromatic carbocycles. The van der Waals surface area contributed by atoms with E-state index in [2.05, 4.69) is 4.98 Å². The summed E-state index contributed by atoms with van der Waals surface area (Å²) in [6, 6.07) is 5.44. The van der Waals surface area contributed by atoms with Crippen LogP contribution in [0.15, 0.2) is 59.8 Å². The van der Waals surface area contributed by atoms with Gasteiger partial charge in [-0.25, -0.2) is 13.8 Å². The monoisotopic (exact) mass is 401 g/mol. The average Bonchev–Trinajstić information content (AvgIpc) is 2.70. The van der Waals surface area contributed by atoms with Crippen molar-refractivity contribution in [2.24, 2.45) is 7.05 Å². The Morgan fingerprint density at radius 3 is 2.75 bits per heavy atom. The maximum Gasteiger partial charge on any atom is 0.264 e. The van der Waals surface area contributed by atoms with Crippen molar-refractivity contribution >= 4 is 28.2 Å². The number of ether oxygens (including phenoxy) is 1. The Labute approximate surface area is 163 Å². The molecule has 4 rings (SSSR count). The van der Waals surface area contributed by atoms with Crippen LogP contribution in [-0.2, 0) is 7.05 Å². The fraction of sp³-hybridized carbons (Fsp3) is 0.100. The van der Waals surface area contributed by atoms with Crippen LogP contribution in [-0.4, -0.2) is 16.1 Å². The van der Waals surface area contributed by atoms with Crippen molar-refractivity contribution in [3.05, 3.63) is 82.0 Å². The normalized spacial score (nSPS) is 13.4. The molecule has 0 saturated carbocycles. The lowest BCUT2D eigenvalue weighted by Crippen LogP contribution is -2.18. The number of hydrogen-bond acceptors (Lipinski definition) is 4. The SMILES string of the molecule is Cn1cnc2ccc(Oc3c(F)ccc(N4C=CC=CC4)c3Cl)c(F)c2c1=O. The number of hydrogen-bond donors (Lipinski definition) is 0. The fourth-order valence-electron chi connectivity index (χ4n) is 2.91. The molecule has 0 radical (unpaired) electrons. The largest absolute Gasteiger partial charge is 0.450 e. The Morgan fingerprint density at radius 1 is 1.18 bits per heavy atom. The Morgan fingerprint density at radius 2 is 2.00 bits per heavy atom. The van der Waals surface area contributed by atoms with E-state index in [0.717, 1.165) is 4.57 Å². The number of nitrogens with zero attached hydrogens (tertiary/aromatic N) is 3. The van der Waals surface area contributed by atoms with E-state index in [1.165, 1.54) is 37.6 Å². The van der Waals surface area contributed by atoms with Gasteiger partial charge in [-0.2, -0.15) is 0 Å². The van der Waals surface area contributed by atoms with Crippen molar-refractivity contribution < 1.29 is 13.5 Å². The first-order valence-corrected chi connectivity index (χ1v) is 8.75. The van der Waals surface area contributed by atoms with Crippen LogP contribution in [0.4, 0.5) is 14.5 Å². The molecule has 5 nitrogen and oxygen atoms in total. The smallest absolute Gasteiger partial charge is 0.264 e. The Kier molecular flexibility index (Phi) is 4.60. The maximum absolute atomic E-state index is 14.9. The van der Waals surface area contributed by atoms with Crippen LogP contribution in [0.3, 0.4) is 0 Å². The summed E-state index contributed by atoms with van der Waals surface area (Å²) in [5.74, 6) is -2.30. The third-order valence-corrected chi connectivity index (χ3v) is 4.72. The Hall–Kier alpha value is -3.19. The molecule has 8 heteroatoms. The van der Waals surface area contributed by atoms with Crippen LogP contribution in [0.1, 0.15) is 0 Å². The zero-order valence-corrected chi connectivity index (χ0v) is 15.5. The molecular weight excluding hydrogens is 388 g/mol. The molecule has 1 aliphatic rings. The van der Waals surface area contributed by atoms with E-state index in [1.54, 1.807) is 11.1 Å². The third kappa shape index (κ3) is 3.03. The summed E-state index contributed by atoms with van der Waals surface area (Å²) in [4.78, 5) is 18.1. The predicted molar refractivity (Wildman–Crippen MR) is 104 cm³/mol. The van der Waals surface area contributed by atoms with E-state index in [-0.39, 0.29) is 27.4 Å². The molecular formula is C20H14ClF2N3O2. The standard InChI is InChI=1S/C20H14ClF2N3O2/c1-25-11-24-13-6-8-15(18(23)16(13)20(25)27)28-19-12(22)5-7-14(17(19)21)26-9-3-2-4-10-26/h2-9,11H,10H2,1H3. The summed E-state index contributed by atoms with van der Waals surface area (Å²) in [5.41, 5.74) is 0.120.